The van der Waals surface area contributed by atoms with Crippen LogP contribution in [0.3, 0.4) is 0 Å². The third-order valence-electron chi connectivity index (χ3n) is 5.46. The summed E-state index contributed by atoms with van der Waals surface area (Å²) in [6, 6.07) is 12.0. The molecule has 2 heterocycles. The van der Waals surface area contributed by atoms with Crippen LogP contribution >= 0.6 is 0 Å². The number of hydrogen-bond donors (Lipinski definition) is 0. The zero-order valence-electron chi connectivity index (χ0n) is 15.1. The minimum absolute atomic E-state index is 0.0359. The molecule has 0 saturated carbocycles. The highest BCUT2D eigenvalue weighted by Crippen LogP contribution is 2.29. The second-order valence-corrected chi connectivity index (χ2v) is 7.21. The molecule has 2 aliphatic rings. The highest BCUT2D eigenvalue weighted by atomic mass is 19.1. The molecule has 2 aliphatic heterocycles. The molecule has 4 nitrogen and oxygen atoms in total. The molecule has 1 saturated heterocycles. The molecule has 0 spiro atoms. The zero-order valence-corrected chi connectivity index (χ0v) is 15.1. The predicted molar refractivity (Wildman–Crippen MR) is 100 cm³/mol. The van der Waals surface area contributed by atoms with E-state index in [1.807, 2.05) is 12.1 Å². The number of likely N-dealkylation sites (tertiary alicyclic amines) is 1. The number of fused-ring (bicyclic) bond motifs is 1. The monoisotopic (exact) mass is 367 g/mol. The first-order valence-electron chi connectivity index (χ1n) is 9.42. The molecule has 1 atom stereocenters. The SMILES string of the molecule is O=C(CCN1CCC(c2ccccc2F)C1)c1ccc2c(c1)OCCC2=O. The molecule has 0 aromatic heterocycles. The standard InChI is InChI=1S/C22H22FNO3/c23-19-4-2-1-3-17(19)16-7-10-24(14-16)11-8-20(25)15-5-6-18-21(26)9-12-27-22(18)13-15/h1-6,13,16H,7-12,14H2. The number of carbonyl (C=O) groups is 2. The van der Waals surface area contributed by atoms with Crippen LogP contribution in [0.4, 0.5) is 4.39 Å². The normalized spacial score (nSPS) is 19.6. The Labute approximate surface area is 157 Å². The van der Waals surface area contributed by atoms with Crippen molar-refractivity contribution in [1.29, 1.82) is 0 Å². The molecule has 5 heteroatoms. The van der Waals surface area contributed by atoms with Gasteiger partial charge in [-0.15, -0.1) is 0 Å². The van der Waals surface area contributed by atoms with Crippen molar-refractivity contribution in [2.45, 2.75) is 25.2 Å². The molecular formula is C22H22FNO3. The highest BCUT2D eigenvalue weighted by molar-refractivity contribution is 6.02. The zero-order chi connectivity index (χ0) is 18.8. The quantitative estimate of drug-likeness (QED) is 0.753. The van der Waals surface area contributed by atoms with Gasteiger partial charge in [-0.2, -0.15) is 0 Å². The van der Waals surface area contributed by atoms with Crippen molar-refractivity contribution < 1.29 is 18.7 Å². The van der Waals surface area contributed by atoms with Gasteiger partial charge in [-0.1, -0.05) is 24.3 Å². The van der Waals surface area contributed by atoms with Gasteiger partial charge in [0.25, 0.3) is 0 Å². The van der Waals surface area contributed by atoms with E-state index in [1.165, 1.54) is 6.07 Å². The van der Waals surface area contributed by atoms with E-state index in [9.17, 15) is 14.0 Å². The summed E-state index contributed by atoms with van der Waals surface area (Å²) in [6.07, 6.45) is 1.69. The van der Waals surface area contributed by atoms with E-state index in [4.69, 9.17) is 4.74 Å². The van der Waals surface area contributed by atoms with Gasteiger partial charge in [0.1, 0.15) is 11.6 Å². The fourth-order valence-corrected chi connectivity index (χ4v) is 3.93. The van der Waals surface area contributed by atoms with Crippen LogP contribution in [0.1, 0.15) is 51.5 Å². The van der Waals surface area contributed by atoms with E-state index in [-0.39, 0.29) is 23.3 Å². The van der Waals surface area contributed by atoms with Gasteiger partial charge >= 0.3 is 0 Å². The molecule has 0 radical (unpaired) electrons. The summed E-state index contributed by atoms with van der Waals surface area (Å²) in [6.45, 7) is 2.67. The van der Waals surface area contributed by atoms with Gasteiger partial charge < -0.3 is 9.64 Å². The molecule has 1 unspecified atom stereocenters. The second kappa shape index (κ2) is 7.61. The van der Waals surface area contributed by atoms with Gasteiger partial charge in [-0.3, -0.25) is 9.59 Å². The largest absolute Gasteiger partial charge is 0.492 e. The Morgan fingerprint density at radius 3 is 2.93 bits per heavy atom. The Morgan fingerprint density at radius 1 is 1.22 bits per heavy atom. The first-order valence-corrected chi connectivity index (χ1v) is 9.42. The van der Waals surface area contributed by atoms with Crippen molar-refractivity contribution in [2.75, 3.05) is 26.2 Å². The lowest BCUT2D eigenvalue weighted by Gasteiger charge is -2.18. The van der Waals surface area contributed by atoms with Crippen molar-refractivity contribution in [3.05, 3.63) is 65.0 Å². The first kappa shape index (κ1) is 17.9. The topological polar surface area (TPSA) is 46.6 Å². The Hall–Kier alpha value is -2.53. The Balaban J connectivity index is 1.35. The second-order valence-electron chi connectivity index (χ2n) is 7.21. The summed E-state index contributed by atoms with van der Waals surface area (Å²) in [5.41, 5.74) is 1.90. The predicted octanol–water partition coefficient (Wildman–Crippen LogP) is 3.85. The fraction of sp³-hybridized carbons (Fsp3) is 0.364. The maximum Gasteiger partial charge on any atom is 0.169 e. The number of benzene rings is 2. The maximum atomic E-state index is 14.0. The lowest BCUT2D eigenvalue weighted by atomic mass is 9.98. The molecule has 27 heavy (non-hydrogen) atoms. The maximum absolute atomic E-state index is 14.0. The molecule has 0 amide bonds. The number of ether oxygens (including phenoxy) is 1. The average Bonchev–Trinajstić information content (AvgIpc) is 3.15. The minimum Gasteiger partial charge on any atom is -0.492 e. The Bertz CT molecular complexity index is 880. The van der Waals surface area contributed by atoms with Crippen molar-refractivity contribution in [2.24, 2.45) is 0 Å². The number of hydrogen-bond acceptors (Lipinski definition) is 4. The molecule has 2 aromatic carbocycles. The van der Waals surface area contributed by atoms with E-state index in [0.717, 1.165) is 25.1 Å². The van der Waals surface area contributed by atoms with Gasteiger partial charge in [-0.25, -0.2) is 4.39 Å². The third kappa shape index (κ3) is 3.78. The molecule has 0 bridgehead atoms. The van der Waals surface area contributed by atoms with Gasteiger partial charge in [0, 0.05) is 37.4 Å². The molecule has 140 valence electrons. The highest BCUT2D eigenvalue weighted by Gasteiger charge is 2.26. The minimum atomic E-state index is -0.149. The number of ketones is 2. The summed E-state index contributed by atoms with van der Waals surface area (Å²) in [7, 11) is 0. The molecule has 1 fully saturated rings. The van der Waals surface area contributed by atoms with E-state index < -0.39 is 0 Å². The Morgan fingerprint density at radius 2 is 2.07 bits per heavy atom. The summed E-state index contributed by atoms with van der Waals surface area (Å²) in [5.74, 6) is 0.645. The van der Waals surface area contributed by atoms with Crippen molar-refractivity contribution in [3.63, 3.8) is 0 Å². The van der Waals surface area contributed by atoms with Crippen LogP contribution in [-0.4, -0.2) is 42.7 Å². The van der Waals surface area contributed by atoms with Crippen LogP contribution in [0.5, 0.6) is 5.75 Å². The summed E-state index contributed by atoms with van der Waals surface area (Å²) >= 11 is 0. The summed E-state index contributed by atoms with van der Waals surface area (Å²) in [5, 5.41) is 0. The molecular weight excluding hydrogens is 345 g/mol. The smallest absolute Gasteiger partial charge is 0.169 e. The van der Waals surface area contributed by atoms with E-state index in [1.54, 1.807) is 24.3 Å². The fourth-order valence-electron chi connectivity index (χ4n) is 3.93. The summed E-state index contributed by atoms with van der Waals surface area (Å²) in [4.78, 5) is 26.6. The van der Waals surface area contributed by atoms with Crippen LogP contribution in [0.15, 0.2) is 42.5 Å². The van der Waals surface area contributed by atoms with Gasteiger partial charge in [-0.05, 0) is 36.7 Å². The van der Waals surface area contributed by atoms with Crippen molar-refractivity contribution in [1.82, 2.24) is 4.90 Å². The van der Waals surface area contributed by atoms with Gasteiger partial charge in [0.15, 0.2) is 11.6 Å². The summed E-state index contributed by atoms with van der Waals surface area (Å²) < 4.78 is 19.5. The number of rotatable bonds is 5. The molecule has 2 aromatic rings. The molecule has 4 rings (SSSR count). The van der Waals surface area contributed by atoms with Crippen LogP contribution in [0.2, 0.25) is 0 Å². The van der Waals surface area contributed by atoms with Gasteiger partial charge in [0.2, 0.25) is 0 Å². The molecule has 0 aliphatic carbocycles. The van der Waals surface area contributed by atoms with Crippen LogP contribution in [0, 0.1) is 5.82 Å². The van der Waals surface area contributed by atoms with Crippen molar-refractivity contribution >= 4 is 11.6 Å². The van der Waals surface area contributed by atoms with Crippen molar-refractivity contribution in [3.8, 4) is 5.75 Å². The van der Waals surface area contributed by atoms with E-state index in [2.05, 4.69) is 4.90 Å². The van der Waals surface area contributed by atoms with Gasteiger partial charge in [0.05, 0.1) is 12.2 Å². The van der Waals surface area contributed by atoms with Crippen LogP contribution < -0.4 is 4.74 Å². The van der Waals surface area contributed by atoms with Crippen LogP contribution in [0.25, 0.3) is 0 Å². The van der Waals surface area contributed by atoms with E-state index >= 15 is 0 Å². The first-order chi connectivity index (χ1) is 13.1. The number of Topliss-reactive ketones (excluding diaryl/α,β-unsaturated/α-hetero) is 2. The van der Waals surface area contributed by atoms with Crippen LogP contribution in [-0.2, 0) is 0 Å². The van der Waals surface area contributed by atoms with E-state index in [0.29, 0.717) is 42.9 Å². The average molecular weight is 367 g/mol. The number of halogens is 1. The number of nitrogens with zero attached hydrogens (tertiary/aromatic N) is 1. The lowest BCUT2D eigenvalue weighted by Crippen LogP contribution is -2.24. The lowest BCUT2D eigenvalue weighted by molar-refractivity contribution is 0.0927. The Kier molecular flexibility index (Phi) is 5.03. The molecule has 0 N–H and O–H groups in total. The third-order valence-corrected chi connectivity index (χ3v) is 5.46. The number of carbonyl (C=O) groups excluding carboxylic acids is 2.